The Morgan fingerprint density at radius 2 is 1.63 bits per heavy atom. The van der Waals surface area contributed by atoms with Crippen LogP contribution in [0.15, 0.2) is 77.0 Å². The molecule has 0 aliphatic carbocycles. The minimum atomic E-state index is -0.465. The molecule has 0 bridgehead atoms. The van der Waals surface area contributed by atoms with E-state index in [2.05, 4.69) is 25.8 Å². The second-order valence-electron chi connectivity index (χ2n) is 7.94. The van der Waals surface area contributed by atoms with Gasteiger partial charge in [-0.25, -0.2) is 4.98 Å². The van der Waals surface area contributed by atoms with Crippen LogP contribution in [0.1, 0.15) is 30.6 Å². The number of hydrogen-bond donors (Lipinski definition) is 3. The van der Waals surface area contributed by atoms with E-state index in [9.17, 15) is 14.4 Å². The van der Waals surface area contributed by atoms with Crippen LogP contribution in [-0.2, 0) is 9.59 Å². The third-order valence-electron chi connectivity index (χ3n) is 4.54. The van der Waals surface area contributed by atoms with E-state index in [0.717, 1.165) is 0 Å². The van der Waals surface area contributed by atoms with E-state index in [-0.39, 0.29) is 53.8 Å². The monoisotopic (exact) mass is 474 g/mol. The van der Waals surface area contributed by atoms with Crippen LogP contribution >= 0.6 is 0 Å². The van der Waals surface area contributed by atoms with Gasteiger partial charge in [0.2, 0.25) is 5.91 Å². The number of amides is 2. The molecule has 2 aromatic carbocycles. The predicted octanol–water partition coefficient (Wildman–Crippen LogP) is 4.40. The van der Waals surface area contributed by atoms with Gasteiger partial charge in [0, 0.05) is 12.0 Å². The number of nitrogen functional groups attached to an aromatic ring is 1. The van der Waals surface area contributed by atoms with Crippen molar-refractivity contribution in [3.05, 3.63) is 72.3 Å². The van der Waals surface area contributed by atoms with Crippen molar-refractivity contribution in [3.8, 4) is 5.75 Å². The molecular weight excluding hydrogens is 448 g/mol. The summed E-state index contributed by atoms with van der Waals surface area (Å²) in [4.78, 5) is 40.3. The molecule has 0 saturated carbocycles. The molecule has 0 atom stereocenters. The van der Waals surface area contributed by atoms with Crippen LogP contribution in [0.5, 0.6) is 5.75 Å². The SMILES string of the molecule is CC(C)CC(=O)Oc1ccccc1/N=N/c1ccc(NC(=O)CNC(=O)c2ccccc2)nc1N. The first kappa shape index (κ1) is 25.0. The summed E-state index contributed by atoms with van der Waals surface area (Å²) in [7, 11) is 0. The fourth-order valence-corrected chi connectivity index (χ4v) is 2.89. The molecule has 4 N–H and O–H groups in total. The Kier molecular flexibility index (Phi) is 8.60. The molecule has 0 aliphatic heterocycles. The molecular formula is C25H26N6O4. The number of azo groups is 1. The van der Waals surface area contributed by atoms with E-state index in [1.54, 1.807) is 54.6 Å². The smallest absolute Gasteiger partial charge is 0.311 e. The minimum absolute atomic E-state index is 0.0363. The summed E-state index contributed by atoms with van der Waals surface area (Å²) in [5.74, 6) is -0.496. The van der Waals surface area contributed by atoms with E-state index in [1.165, 1.54) is 12.1 Å². The highest BCUT2D eigenvalue weighted by Gasteiger charge is 2.12. The van der Waals surface area contributed by atoms with Crippen LogP contribution in [-0.4, -0.2) is 29.3 Å². The highest BCUT2D eigenvalue weighted by atomic mass is 16.5. The lowest BCUT2D eigenvalue weighted by Crippen LogP contribution is -2.33. The van der Waals surface area contributed by atoms with Crippen molar-refractivity contribution in [2.75, 3.05) is 17.6 Å². The summed E-state index contributed by atoms with van der Waals surface area (Å²) < 4.78 is 5.39. The average Bonchev–Trinajstić information content (AvgIpc) is 2.83. The normalized spacial score (nSPS) is 10.8. The van der Waals surface area contributed by atoms with E-state index >= 15 is 0 Å². The van der Waals surface area contributed by atoms with Crippen molar-refractivity contribution >= 4 is 40.8 Å². The number of nitrogens with zero attached hydrogens (tertiary/aromatic N) is 3. The van der Waals surface area contributed by atoms with Crippen molar-refractivity contribution < 1.29 is 19.1 Å². The van der Waals surface area contributed by atoms with Crippen molar-refractivity contribution in [3.63, 3.8) is 0 Å². The quantitative estimate of drug-likeness (QED) is 0.238. The molecule has 1 aromatic heterocycles. The molecule has 3 rings (SSSR count). The van der Waals surface area contributed by atoms with Gasteiger partial charge in [-0.15, -0.1) is 10.2 Å². The number of carbonyl (C=O) groups excluding carboxylic acids is 3. The largest absolute Gasteiger partial charge is 0.424 e. The molecule has 0 saturated heterocycles. The third-order valence-corrected chi connectivity index (χ3v) is 4.54. The number of pyridine rings is 1. The second-order valence-corrected chi connectivity index (χ2v) is 7.94. The Labute approximate surface area is 202 Å². The molecule has 0 unspecified atom stereocenters. The number of nitrogens with one attached hydrogen (secondary N) is 2. The Morgan fingerprint density at radius 1 is 0.943 bits per heavy atom. The number of aromatic nitrogens is 1. The first-order chi connectivity index (χ1) is 16.8. The molecule has 10 nitrogen and oxygen atoms in total. The van der Waals surface area contributed by atoms with Gasteiger partial charge in [-0.05, 0) is 42.3 Å². The lowest BCUT2D eigenvalue weighted by Gasteiger charge is -2.08. The van der Waals surface area contributed by atoms with Crippen molar-refractivity contribution in [1.29, 1.82) is 0 Å². The first-order valence-corrected chi connectivity index (χ1v) is 10.9. The number of hydrogen-bond acceptors (Lipinski definition) is 8. The molecule has 35 heavy (non-hydrogen) atoms. The van der Waals surface area contributed by atoms with Crippen molar-refractivity contribution in [1.82, 2.24) is 10.3 Å². The maximum atomic E-state index is 12.2. The minimum Gasteiger partial charge on any atom is -0.424 e. The maximum Gasteiger partial charge on any atom is 0.311 e. The van der Waals surface area contributed by atoms with Crippen molar-refractivity contribution in [2.24, 2.45) is 16.1 Å². The molecule has 2 amide bonds. The van der Waals surface area contributed by atoms with Crippen LogP contribution in [0, 0.1) is 5.92 Å². The highest BCUT2D eigenvalue weighted by Crippen LogP contribution is 2.31. The van der Waals surface area contributed by atoms with Gasteiger partial charge in [0.15, 0.2) is 11.6 Å². The fraction of sp³-hybridized carbons (Fsp3) is 0.200. The number of anilines is 2. The lowest BCUT2D eigenvalue weighted by atomic mass is 10.1. The van der Waals surface area contributed by atoms with E-state index < -0.39 is 5.91 Å². The number of carbonyl (C=O) groups is 3. The summed E-state index contributed by atoms with van der Waals surface area (Å²) in [5, 5.41) is 13.3. The molecule has 10 heteroatoms. The van der Waals surface area contributed by atoms with Crippen LogP contribution in [0.25, 0.3) is 0 Å². The Bertz CT molecular complexity index is 1230. The van der Waals surface area contributed by atoms with Crippen LogP contribution in [0.4, 0.5) is 23.0 Å². The zero-order valence-electron chi connectivity index (χ0n) is 19.4. The topological polar surface area (TPSA) is 148 Å². The van der Waals surface area contributed by atoms with Gasteiger partial charge in [-0.2, -0.15) is 0 Å². The lowest BCUT2D eigenvalue weighted by molar-refractivity contribution is -0.135. The highest BCUT2D eigenvalue weighted by molar-refractivity contribution is 5.99. The molecule has 0 aliphatic rings. The van der Waals surface area contributed by atoms with E-state index in [1.807, 2.05) is 13.8 Å². The Morgan fingerprint density at radius 3 is 2.34 bits per heavy atom. The summed E-state index contributed by atoms with van der Waals surface area (Å²) >= 11 is 0. The number of nitrogens with two attached hydrogens (primary N) is 1. The van der Waals surface area contributed by atoms with Gasteiger partial charge in [0.25, 0.3) is 5.91 Å². The van der Waals surface area contributed by atoms with E-state index in [4.69, 9.17) is 10.5 Å². The standard InChI is InChI=1S/C25H26N6O4/c1-16(2)14-23(33)35-20-11-7-6-10-18(20)30-31-19-12-13-21(29-24(19)26)28-22(32)15-27-25(34)17-8-4-3-5-9-17/h3-13,16H,14-15H2,1-2H3,(H,27,34)(H3,26,28,29,32)/b31-30+. The fourth-order valence-electron chi connectivity index (χ4n) is 2.89. The van der Waals surface area contributed by atoms with Crippen LogP contribution < -0.4 is 21.1 Å². The number of rotatable bonds is 9. The number of ether oxygens (including phenoxy) is 1. The molecule has 0 fully saturated rings. The van der Waals surface area contributed by atoms with Gasteiger partial charge in [-0.1, -0.05) is 44.2 Å². The second kappa shape index (κ2) is 12.0. The summed E-state index contributed by atoms with van der Waals surface area (Å²) in [6.07, 6.45) is 0.283. The third kappa shape index (κ3) is 7.74. The number of benzene rings is 2. The number of para-hydroxylation sites is 1. The molecule has 3 aromatic rings. The zero-order chi connectivity index (χ0) is 25.2. The molecule has 0 spiro atoms. The van der Waals surface area contributed by atoms with Crippen LogP contribution in [0.2, 0.25) is 0 Å². The van der Waals surface area contributed by atoms with Crippen molar-refractivity contribution in [2.45, 2.75) is 20.3 Å². The molecule has 0 radical (unpaired) electrons. The first-order valence-electron chi connectivity index (χ1n) is 10.9. The average molecular weight is 475 g/mol. The zero-order valence-corrected chi connectivity index (χ0v) is 19.4. The van der Waals surface area contributed by atoms with Gasteiger partial charge >= 0.3 is 5.97 Å². The van der Waals surface area contributed by atoms with Gasteiger partial charge in [0.05, 0.1) is 6.54 Å². The summed E-state index contributed by atoms with van der Waals surface area (Å²) in [6, 6.07) is 18.4. The van der Waals surface area contributed by atoms with Gasteiger partial charge < -0.3 is 21.1 Å². The Hall–Kier alpha value is -4.60. The molecule has 180 valence electrons. The van der Waals surface area contributed by atoms with Crippen LogP contribution in [0.3, 0.4) is 0 Å². The van der Waals surface area contributed by atoms with E-state index in [0.29, 0.717) is 11.3 Å². The Balaban J connectivity index is 1.60. The summed E-state index contributed by atoms with van der Waals surface area (Å²) in [5.41, 5.74) is 7.04. The predicted molar refractivity (Wildman–Crippen MR) is 132 cm³/mol. The van der Waals surface area contributed by atoms with Gasteiger partial charge in [-0.3, -0.25) is 14.4 Å². The molecule has 1 heterocycles. The maximum absolute atomic E-state index is 12.2. The summed E-state index contributed by atoms with van der Waals surface area (Å²) in [6.45, 7) is 3.62. The number of esters is 1. The van der Waals surface area contributed by atoms with Gasteiger partial charge in [0.1, 0.15) is 17.2 Å².